The number of alkyl halides is 3. The highest BCUT2D eigenvalue weighted by Gasteiger charge is 2.30. The maximum atomic E-state index is 12.0. The van der Waals surface area contributed by atoms with Gasteiger partial charge in [-0.15, -0.1) is 13.2 Å². The Bertz CT molecular complexity index is 551. The molecule has 20 heavy (non-hydrogen) atoms. The van der Waals surface area contributed by atoms with Crippen molar-refractivity contribution < 1.29 is 17.9 Å². The normalized spacial score (nSPS) is 11.6. The molecule has 5 nitrogen and oxygen atoms in total. The summed E-state index contributed by atoms with van der Waals surface area (Å²) in [6.07, 6.45) is -3.06. The van der Waals surface area contributed by atoms with Gasteiger partial charge in [0, 0.05) is 13.6 Å². The Morgan fingerprint density at radius 1 is 1.20 bits per heavy atom. The molecule has 1 aromatic heterocycles. The van der Waals surface area contributed by atoms with E-state index in [-0.39, 0.29) is 5.75 Å². The molecule has 0 bridgehead atoms. The summed E-state index contributed by atoms with van der Waals surface area (Å²) in [5.41, 5.74) is 0.843. The van der Waals surface area contributed by atoms with Crippen LogP contribution < -0.4 is 10.1 Å². The first-order valence-corrected chi connectivity index (χ1v) is 5.82. The SMILES string of the molecule is Cn1cnc(CNCc2ccc(OC(F)(F)F)cc2)n1. The van der Waals surface area contributed by atoms with Gasteiger partial charge in [0.1, 0.15) is 12.1 Å². The summed E-state index contributed by atoms with van der Waals surface area (Å²) in [6, 6.07) is 5.70. The van der Waals surface area contributed by atoms with E-state index in [1.54, 1.807) is 30.2 Å². The Hall–Kier alpha value is -2.09. The molecule has 0 aliphatic heterocycles. The Kier molecular flexibility index (Phi) is 4.23. The lowest BCUT2D eigenvalue weighted by Crippen LogP contribution is -2.17. The van der Waals surface area contributed by atoms with Crippen LogP contribution in [-0.4, -0.2) is 21.1 Å². The molecule has 0 amide bonds. The lowest BCUT2D eigenvalue weighted by Gasteiger charge is -2.09. The minimum Gasteiger partial charge on any atom is -0.406 e. The van der Waals surface area contributed by atoms with Crippen LogP contribution in [0, 0.1) is 0 Å². The third-order valence-electron chi connectivity index (χ3n) is 2.42. The van der Waals surface area contributed by atoms with Gasteiger partial charge in [0.15, 0.2) is 5.82 Å². The van der Waals surface area contributed by atoms with Crippen molar-refractivity contribution in [3.8, 4) is 5.75 Å². The van der Waals surface area contributed by atoms with Gasteiger partial charge in [-0.3, -0.25) is 4.68 Å². The number of hydrogen-bond acceptors (Lipinski definition) is 4. The highest BCUT2D eigenvalue weighted by Crippen LogP contribution is 2.22. The van der Waals surface area contributed by atoms with Gasteiger partial charge < -0.3 is 10.1 Å². The minimum absolute atomic E-state index is 0.229. The molecule has 0 fully saturated rings. The molecule has 0 spiro atoms. The van der Waals surface area contributed by atoms with E-state index in [0.717, 1.165) is 5.56 Å². The number of nitrogens with zero attached hydrogens (tertiary/aromatic N) is 3. The molecule has 108 valence electrons. The van der Waals surface area contributed by atoms with Crippen LogP contribution in [0.3, 0.4) is 0 Å². The van der Waals surface area contributed by atoms with E-state index in [9.17, 15) is 13.2 Å². The third kappa shape index (κ3) is 4.54. The average Bonchev–Trinajstić information content (AvgIpc) is 2.75. The maximum absolute atomic E-state index is 12.0. The van der Waals surface area contributed by atoms with Crippen molar-refractivity contribution in [2.75, 3.05) is 0 Å². The van der Waals surface area contributed by atoms with E-state index < -0.39 is 6.36 Å². The van der Waals surface area contributed by atoms with Crippen molar-refractivity contribution in [3.63, 3.8) is 0 Å². The lowest BCUT2D eigenvalue weighted by molar-refractivity contribution is -0.274. The molecule has 0 saturated carbocycles. The molecule has 1 aromatic carbocycles. The quantitative estimate of drug-likeness (QED) is 0.913. The van der Waals surface area contributed by atoms with Gasteiger partial charge in [-0.25, -0.2) is 4.98 Å². The van der Waals surface area contributed by atoms with Crippen molar-refractivity contribution in [1.82, 2.24) is 20.1 Å². The Balaban J connectivity index is 1.82. The Labute approximate surface area is 113 Å². The molecule has 0 atom stereocenters. The predicted molar refractivity (Wildman–Crippen MR) is 64.7 cm³/mol. The molecule has 1 heterocycles. The second-order valence-electron chi connectivity index (χ2n) is 4.13. The highest BCUT2D eigenvalue weighted by atomic mass is 19.4. The molecule has 2 aromatic rings. The molecule has 2 rings (SSSR count). The van der Waals surface area contributed by atoms with Crippen molar-refractivity contribution >= 4 is 0 Å². The zero-order chi connectivity index (χ0) is 14.6. The standard InChI is InChI=1S/C12H13F3N4O/c1-19-8-17-11(18-19)7-16-6-9-2-4-10(5-3-9)20-12(13,14)15/h2-5,8,16H,6-7H2,1H3. The van der Waals surface area contributed by atoms with Crippen molar-refractivity contribution in [1.29, 1.82) is 0 Å². The van der Waals surface area contributed by atoms with Gasteiger partial charge in [0.25, 0.3) is 0 Å². The van der Waals surface area contributed by atoms with Crippen LogP contribution in [0.1, 0.15) is 11.4 Å². The predicted octanol–water partition coefficient (Wildman–Crippen LogP) is 2.00. The number of aromatic nitrogens is 3. The van der Waals surface area contributed by atoms with Crippen LogP contribution in [0.2, 0.25) is 0 Å². The first kappa shape index (κ1) is 14.3. The number of halogens is 3. The molecule has 8 heteroatoms. The van der Waals surface area contributed by atoms with Crippen LogP contribution in [0.4, 0.5) is 13.2 Å². The van der Waals surface area contributed by atoms with Gasteiger partial charge in [0.05, 0.1) is 6.54 Å². The van der Waals surface area contributed by atoms with Gasteiger partial charge in [-0.1, -0.05) is 12.1 Å². The smallest absolute Gasteiger partial charge is 0.406 e. The molecular weight excluding hydrogens is 273 g/mol. The Morgan fingerprint density at radius 3 is 2.45 bits per heavy atom. The molecule has 1 N–H and O–H groups in total. The fourth-order valence-electron chi connectivity index (χ4n) is 1.59. The number of nitrogens with one attached hydrogen (secondary N) is 1. The van der Waals surface area contributed by atoms with Crippen LogP contribution in [0.15, 0.2) is 30.6 Å². The van der Waals surface area contributed by atoms with E-state index in [1.165, 1.54) is 12.1 Å². The zero-order valence-electron chi connectivity index (χ0n) is 10.7. The fourth-order valence-corrected chi connectivity index (χ4v) is 1.59. The maximum Gasteiger partial charge on any atom is 0.573 e. The lowest BCUT2D eigenvalue weighted by atomic mass is 10.2. The van der Waals surface area contributed by atoms with Crippen molar-refractivity contribution in [3.05, 3.63) is 42.0 Å². The third-order valence-corrected chi connectivity index (χ3v) is 2.42. The summed E-state index contributed by atoms with van der Waals surface area (Å²) in [5, 5.41) is 7.19. The topological polar surface area (TPSA) is 52.0 Å². The van der Waals surface area contributed by atoms with Crippen molar-refractivity contribution in [2.45, 2.75) is 19.5 Å². The minimum atomic E-state index is -4.66. The van der Waals surface area contributed by atoms with Gasteiger partial charge in [-0.2, -0.15) is 5.10 Å². The largest absolute Gasteiger partial charge is 0.573 e. The fraction of sp³-hybridized carbons (Fsp3) is 0.333. The molecule has 0 aliphatic carbocycles. The summed E-state index contributed by atoms with van der Waals surface area (Å²) in [6.45, 7) is 0.992. The molecule has 0 aliphatic rings. The number of ether oxygens (including phenoxy) is 1. The second kappa shape index (κ2) is 5.91. The molecule has 0 radical (unpaired) electrons. The number of hydrogen-bond donors (Lipinski definition) is 1. The van der Waals surface area contributed by atoms with Crippen LogP contribution in [0.25, 0.3) is 0 Å². The van der Waals surface area contributed by atoms with E-state index in [2.05, 4.69) is 20.1 Å². The van der Waals surface area contributed by atoms with Gasteiger partial charge in [-0.05, 0) is 17.7 Å². The van der Waals surface area contributed by atoms with Crippen LogP contribution >= 0.6 is 0 Å². The van der Waals surface area contributed by atoms with E-state index >= 15 is 0 Å². The number of benzene rings is 1. The number of rotatable bonds is 5. The van der Waals surface area contributed by atoms with Crippen LogP contribution in [0.5, 0.6) is 5.75 Å². The molecule has 0 saturated heterocycles. The van der Waals surface area contributed by atoms with E-state index in [0.29, 0.717) is 18.9 Å². The summed E-state index contributed by atoms with van der Waals surface area (Å²) in [4.78, 5) is 4.05. The van der Waals surface area contributed by atoms with Crippen LogP contribution in [-0.2, 0) is 20.1 Å². The molecule has 0 unspecified atom stereocenters. The first-order valence-electron chi connectivity index (χ1n) is 5.82. The van der Waals surface area contributed by atoms with E-state index in [1.807, 2.05) is 0 Å². The van der Waals surface area contributed by atoms with E-state index in [4.69, 9.17) is 0 Å². The first-order chi connectivity index (χ1) is 9.42. The number of aryl methyl sites for hydroxylation is 1. The monoisotopic (exact) mass is 286 g/mol. The summed E-state index contributed by atoms with van der Waals surface area (Å²) < 4.78 is 41.3. The van der Waals surface area contributed by atoms with Gasteiger partial charge in [0.2, 0.25) is 0 Å². The molecular formula is C12H13F3N4O. The second-order valence-corrected chi connectivity index (χ2v) is 4.13. The summed E-state index contributed by atoms with van der Waals surface area (Å²) in [5.74, 6) is 0.428. The van der Waals surface area contributed by atoms with Crippen molar-refractivity contribution in [2.24, 2.45) is 7.05 Å². The zero-order valence-corrected chi connectivity index (χ0v) is 10.7. The average molecular weight is 286 g/mol. The summed E-state index contributed by atoms with van der Waals surface area (Å²) in [7, 11) is 1.77. The van der Waals surface area contributed by atoms with Gasteiger partial charge >= 0.3 is 6.36 Å². The highest BCUT2D eigenvalue weighted by molar-refractivity contribution is 5.27. The Morgan fingerprint density at radius 2 is 1.90 bits per heavy atom. The summed E-state index contributed by atoms with van der Waals surface area (Å²) >= 11 is 0.